The lowest BCUT2D eigenvalue weighted by molar-refractivity contribution is 1.07. The highest BCUT2D eigenvalue weighted by atomic mass is 15.0. The van der Waals surface area contributed by atoms with Crippen LogP contribution in [0.5, 0.6) is 0 Å². The minimum absolute atomic E-state index is 0.624. The van der Waals surface area contributed by atoms with Crippen molar-refractivity contribution in [2.45, 2.75) is 0 Å². The van der Waals surface area contributed by atoms with Gasteiger partial charge in [-0.1, -0.05) is 158 Å². The van der Waals surface area contributed by atoms with E-state index in [-0.39, 0.29) is 0 Å². The van der Waals surface area contributed by atoms with Crippen molar-refractivity contribution >= 4 is 86.7 Å². The maximum atomic E-state index is 5.17. The molecule has 0 radical (unpaired) electrons. The van der Waals surface area contributed by atoms with Crippen molar-refractivity contribution in [3.05, 3.63) is 224 Å². The zero-order valence-electron chi connectivity index (χ0n) is 35.6. The van der Waals surface area contributed by atoms with Crippen molar-refractivity contribution in [3.63, 3.8) is 0 Å². The molecule has 14 aromatic rings. The summed E-state index contributed by atoms with van der Waals surface area (Å²) in [6.45, 7) is 0. The van der Waals surface area contributed by atoms with Gasteiger partial charge in [0.25, 0.3) is 0 Å². The van der Waals surface area contributed by atoms with Gasteiger partial charge < -0.3 is 9.13 Å². The van der Waals surface area contributed by atoms with Crippen LogP contribution in [0, 0.1) is 0 Å². The van der Waals surface area contributed by atoms with E-state index in [9.17, 15) is 0 Å². The van der Waals surface area contributed by atoms with Gasteiger partial charge in [0.2, 0.25) is 0 Å². The van der Waals surface area contributed by atoms with Crippen molar-refractivity contribution in [3.8, 4) is 45.5 Å². The number of hydrogen-bond donors (Lipinski definition) is 0. The highest BCUT2D eigenvalue weighted by Crippen LogP contribution is 2.41. The number of nitrogens with zero attached hydrogens (tertiary/aromatic N) is 5. The molecule has 3 heterocycles. The van der Waals surface area contributed by atoms with Crippen LogP contribution >= 0.6 is 0 Å². The molecule has 0 unspecified atom stereocenters. The van der Waals surface area contributed by atoms with Crippen LogP contribution in [0.25, 0.3) is 132 Å². The van der Waals surface area contributed by atoms with Gasteiger partial charge in [-0.15, -0.1) is 0 Å². The fraction of sp³-hybridized carbons (Fsp3) is 0. The maximum absolute atomic E-state index is 5.17. The second-order valence-electron chi connectivity index (χ2n) is 17.2. The molecule has 0 N–H and O–H groups in total. The monoisotopic (exact) mass is 839 g/mol. The summed E-state index contributed by atoms with van der Waals surface area (Å²) in [7, 11) is 0. The molecular formula is C61H37N5. The molecule has 5 nitrogen and oxygen atoms in total. The van der Waals surface area contributed by atoms with Crippen LogP contribution in [0.1, 0.15) is 0 Å². The highest BCUT2D eigenvalue weighted by molar-refractivity contribution is 6.22. The lowest BCUT2D eigenvalue weighted by Crippen LogP contribution is -2.01. The molecular weight excluding hydrogens is 803 g/mol. The third kappa shape index (κ3) is 5.63. The van der Waals surface area contributed by atoms with E-state index in [4.69, 9.17) is 15.0 Å². The lowest BCUT2D eigenvalue weighted by Gasteiger charge is -2.13. The summed E-state index contributed by atoms with van der Waals surface area (Å²) in [5.41, 5.74) is 9.63. The molecule has 0 aliphatic heterocycles. The van der Waals surface area contributed by atoms with Crippen LogP contribution in [0.3, 0.4) is 0 Å². The van der Waals surface area contributed by atoms with E-state index in [1.54, 1.807) is 0 Å². The Kier molecular flexibility index (Phi) is 7.91. The minimum atomic E-state index is 0.624. The summed E-state index contributed by atoms with van der Waals surface area (Å²) in [4.78, 5) is 15.4. The van der Waals surface area contributed by atoms with Gasteiger partial charge in [-0.25, -0.2) is 15.0 Å². The van der Waals surface area contributed by atoms with Gasteiger partial charge in [-0.05, 0) is 110 Å². The van der Waals surface area contributed by atoms with Crippen LogP contribution in [0.2, 0.25) is 0 Å². The van der Waals surface area contributed by atoms with E-state index < -0.39 is 0 Å². The molecule has 0 aliphatic rings. The Balaban J connectivity index is 0.946. The third-order valence-corrected chi connectivity index (χ3v) is 13.5. The molecule has 3 aromatic heterocycles. The van der Waals surface area contributed by atoms with Gasteiger partial charge in [0, 0.05) is 49.6 Å². The number of benzene rings is 11. The molecule has 14 rings (SSSR count). The molecule has 0 bridgehead atoms. The summed E-state index contributed by atoms with van der Waals surface area (Å²) in [6.07, 6.45) is 0. The van der Waals surface area contributed by atoms with Gasteiger partial charge in [0.05, 0.1) is 22.1 Å². The van der Waals surface area contributed by atoms with E-state index in [2.05, 4.69) is 215 Å². The normalized spacial score (nSPS) is 11.9. The molecule has 0 saturated carbocycles. The summed E-state index contributed by atoms with van der Waals surface area (Å²) < 4.78 is 4.85. The van der Waals surface area contributed by atoms with E-state index in [1.807, 2.05) is 18.2 Å². The fourth-order valence-electron chi connectivity index (χ4n) is 10.4. The Morgan fingerprint density at radius 1 is 0.242 bits per heavy atom. The fourth-order valence-corrected chi connectivity index (χ4v) is 10.4. The van der Waals surface area contributed by atoms with Crippen LogP contribution in [0.4, 0.5) is 0 Å². The molecule has 66 heavy (non-hydrogen) atoms. The average Bonchev–Trinajstić information content (AvgIpc) is 3.90. The van der Waals surface area contributed by atoms with Crippen LogP contribution in [0.15, 0.2) is 224 Å². The first-order valence-corrected chi connectivity index (χ1v) is 22.4. The Hall–Kier alpha value is -8.93. The van der Waals surface area contributed by atoms with Gasteiger partial charge in [0.15, 0.2) is 17.5 Å². The second kappa shape index (κ2) is 14.3. The topological polar surface area (TPSA) is 48.5 Å². The molecule has 0 aliphatic carbocycles. The second-order valence-corrected chi connectivity index (χ2v) is 17.2. The van der Waals surface area contributed by atoms with Crippen molar-refractivity contribution in [2.24, 2.45) is 0 Å². The van der Waals surface area contributed by atoms with Crippen molar-refractivity contribution in [2.75, 3.05) is 0 Å². The summed E-state index contributed by atoms with van der Waals surface area (Å²) in [6, 6.07) is 80.6. The standard InChI is InChI=1S/C61H37N5/c1-2-14-40(15-3-1)59-62-60(64-61(63-59)45-26-31-49-44(34-45)23-22-38-12-6-8-18-48(38)49)41-24-28-46(29-25-41)65-56-36-43-17-5-4-16-42(43)35-53(56)51-32-30-47(37-57(51)65)66-54-21-11-10-20-52(54)58-50-19-9-7-13-39(50)27-33-55(58)66/h1-37H. The zero-order valence-corrected chi connectivity index (χ0v) is 35.6. The van der Waals surface area contributed by atoms with Crippen LogP contribution in [-0.2, 0) is 0 Å². The lowest BCUT2D eigenvalue weighted by atomic mass is 10.00. The van der Waals surface area contributed by atoms with Gasteiger partial charge in [0.1, 0.15) is 0 Å². The quantitative estimate of drug-likeness (QED) is 0.162. The largest absolute Gasteiger partial charge is 0.309 e. The highest BCUT2D eigenvalue weighted by Gasteiger charge is 2.20. The third-order valence-electron chi connectivity index (χ3n) is 13.5. The number of fused-ring (bicyclic) bond motifs is 12. The van der Waals surface area contributed by atoms with Crippen LogP contribution < -0.4 is 0 Å². The molecule has 0 saturated heterocycles. The summed E-state index contributed by atoms with van der Waals surface area (Å²) in [5.74, 6) is 1.90. The van der Waals surface area contributed by atoms with Crippen molar-refractivity contribution < 1.29 is 0 Å². The average molecular weight is 840 g/mol. The Labute approximate surface area is 379 Å². The van der Waals surface area contributed by atoms with Crippen LogP contribution in [-0.4, -0.2) is 24.1 Å². The molecule has 0 amide bonds. The van der Waals surface area contributed by atoms with Gasteiger partial charge >= 0.3 is 0 Å². The predicted octanol–water partition coefficient (Wildman–Crippen LogP) is 15.7. The SMILES string of the molecule is c1ccc(-c2nc(-c3ccc(-n4c5cc(-n6c7ccccc7c7c8ccccc8ccc76)ccc5c5cc6ccccc6cc54)cc3)nc(-c3ccc4c(ccc5ccccc54)c3)n2)cc1. The first-order valence-electron chi connectivity index (χ1n) is 22.4. The maximum Gasteiger partial charge on any atom is 0.164 e. The number of para-hydroxylation sites is 1. The Morgan fingerprint density at radius 3 is 1.55 bits per heavy atom. The summed E-state index contributed by atoms with van der Waals surface area (Å²) >= 11 is 0. The number of aromatic nitrogens is 5. The number of rotatable bonds is 5. The molecule has 11 aromatic carbocycles. The Morgan fingerprint density at radius 2 is 0.758 bits per heavy atom. The smallest absolute Gasteiger partial charge is 0.164 e. The van der Waals surface area contributed by atoms with E-state index in [1.165, 1.54) is 70.3 Å². The minimum Gasteiger partial charge on any atom is -0.309 e. The molecule has 0 fully saturated rings. The predicted molar refractivity (Wildman–Crippen MR) is 275 cm³/mol. The first-order chi connectivity index (χ1) is 32.7. The molecule has 0 atom stereocenters. The molecule has 0 spiro atoms. The Bertz CT molecular complexity index is 4280. The molecule has 5 heteroatoms. The van der Waals surface area contributed by atoms with E-state index in [0.717, 1.165) is 44.5 Å². The van der Waals surface area contributed by atoms with E-state index in [0.29, 0.717) is 17.5 Å². The van der Waals surface area contributed by atoms with E-state index >= 15 is 0 Å². The van der Waals surface area contributed by atoms with Crippen molar-refractivity contribution in [1.82, 2.24) is 24.1 Å². The first kappa shape index (κ1) is 36.5. The summed E-state index contributed by atoms with van der Waals surface area (Å²) in [5, 5.41) is 14.7. The zero-order chi connectivity index (χ0) is 43.3. The number of hydrogen-bond acceptors (Lipinski definition) is 3. The van der Waals surface area contributed by atoms with Crippen molar-refractivity contribution in [1.29, 1.82) is 0 Å². The van der Waals surface area contributed by atoms with Gasteiger partial charge in [-0.3, -0.25) is 0 Å². The van der Waals surface area contributed by atoms with Gasteiger partial charge in [-0.2, -0.15) is 0 Å². The molecule has 306 valence electrons.